The van der Waals surface area contributed by atoms with Gasteiger partial charge in [0.15, 0.2) is 23.0 Å². The van der Waals surface area contributed by atoms with Gasteiger partial charge in [-0.1, -0.05) is 13.8 Å². The molecule has 0 aliphatic heterocycles. The Hall–Kier alpha value is -2.76. The fourth-order valence-corrected chi connectivity index (χ4v) is 4.61. The third-order valence-corrected chi connectivity index (χ3v) is 6.28. The van der Waals surface area contributed by atoms with Crippen LogP contribution in [0.1, 0.15) is 36.5 Å². The first-order chi connectivity index (χ1) is 14.4. The second kappa shape index (κ2) is 8.94. The van der Waals surface area contributed by atoms with E-state index < -0.39 is 0 Å². The van der Waals surface area contributed by atoms with Gasteiger partial charge in [-0.2, -0.15) is 0 Å². The first kappa shape index (κ1) is 21.9. The summed E-state index contributed by atoms with van der Waals surface area (Å²) in [5, 5.41) is 0. The fraction of sp³-hybridized carbons (Fsp3) is 0.500. The van der Waals surface area contributed by atoms with Crippen molar-refractivity contribution in [2.24, 2.45) is 11.8 Å². The lowest BCUT2D eigenvalue weighted by Gasteiger charge is -2.38. The van der Waals surface area contributed by atoms with E-state index in [1.807, 2.05) is 12.1 Å². The molecular weight excluding hydrogens is 384 g/mol. The van der Waals surface area contributed by atoms with Crippen molar-refractivity contribution in [1.82, 2.24) is 0 Å². The molecule has 2 aromatic rings. The number of hydrogen-bond donors (Lipinski definition) is 0. The predicted octanol–water partition coefficient (Wildman–Crippen LogP) is 4.70. The lowest BCUT2D eigenvalue weighted by Crippen LogP contribution is -2.27. The van der Waals surface area contributed by atoms with E-state index in [4.69, 9.17) is 28.4 Å². The third kappa shape index (κ3) is 3.48. The molecule has 3 rings (SSSR count). The van der Waals surface area contributed by atoms with Crippen molar-refractivity contribution in [1.29, 1.82) is 0 Å². The summed E-state index contributed by atoms with van der Waals surface area (Å²) in [5.74, 6) is 4.74. The zero-order valence-electron chi connectivity index (χ0n) is 19.1. The van der Waals surface area contributed by atoms with Gasteiger partial charge in [0.2, 0.25) is 11.5 Å². The first-order valence-corrected chi connectivity index (χ1v) is 10.1. The van der Waals surface area contributed by atoms with Crippen molar-refractivity contribution in [2.45, 2.75) is 26.2 Å². The van der Waals surface area contributed by atoms with E-state index in [9.17, 15) is 0 Å². The van der Waals surface area contributed by atoms with E-state index in [2.05, 4.69) is 19.9 Å². The molecule has 0 unspecified atom stereocenters. The van der Waals surface area contributed by atoms with Crippen LogP contribution in [0.25, 0.3) is 0 Å². The fourth-order valence-electron chi connectivity index (χ4n) is 4.61. The van der Waals surface area contributed by atoms with Crippen LogP contribution in [0, 0.1) is 11.8 Å². The Kier molecular flexibility index (Phi) is 6.54. The maximum absolute atomic E-state index is 5.88. The van der Waals surface area contributed by atoms with Crippen LogP contribution < -0.4 is 28.4 Å². The summed E-state index contributed by atoms with van der Waals surface area (Å²) in [6.07, 6.45) is 0.939. The summed E-state index contributed by atoms with van der Waals surface area (Å²) < 4.78 is 33.9. The topological polar surface area (TPSA) is 55.4 Å². The highest BCUT2D eigenvalue weighted by atomic mass is 16.5. The normalized spacial score (nSPS) is 20.2. The Labute approximate surface area is 179 Å². The van der Waals surface area contributed by atoms with Crippen LogP contribution in [-0.2, 0) is 6.42 Å². The summed E-state index contributed by atoms with van der Waals surface area (Å²) in [4.78, 5) is 0. The van der Waals surface area contributed by atoms with Gasteiger partial charge in [-0.05, 0) is 47.6 Å². The molecule has 0 heterocycles. The van der Waals surface area contributed by atoms with Crippen molar-refractivity contribution in [3.8, 4) is 34.5 Å². The number of benzene rings is 2. The molecule has 3 atom stereocenters. The average molecular weight is 417 g/mol. The van der Waals surface area contributed by atoms with Crippen LogP contribution in [0.4, 0.5) is 0 Å². The highest BCUT2D eigenvalue weighted by Crippen LogP contribution is 2.54. The maximum Gasteiger partial charge on any atom is 0.203 e. The Morgan fingerprint density at radius 2 is 1.13 bits per heavy atom. The van der Waals surface area contributed by atoms with Gasteiger partial charge < -0.3 is 28.4 Å². The molecule has 1 aliphatic rings. The first-order valence-electron chi connectivity index (χ1n) is 10.1. The Morgan fingerprint density at radius 1 is 0.633 bits per heavy atom. The lowest BCUT2D eigenvalue weighted by atomic mass is 9.67. The highest BCUT2D eigenvalue weighted by molar-refractivity contribution is 5.64. The number of rotatable bonds is 7. The summed E-state index contributed by atoms with van der Waals surface area (Å²) >= 11 is 0. The van der Waals surface area contributed by atoms with Crippen molar-refractivity contribution in [3.05, 3.63) is 34.9 Å². The van der Waals surface area contributed by atoms with Gasteiger partial charge in [-0.25, -0.2) is 0 Å². The number of fused-ring (bicyclic) bond motifs is 1. The van der Waals surface area contributed by atoms with Gasteiger partial charge in [-0.3, -0.25) is 0 Å². The van der Waals surface area contributed by atoms with Crippen LogP contribution in [-0.4, -0.2) is 42.7 Å². The maximum atomic E-state index is 5.88. The van der Waals surface area contributed by atoms with Gasteiger partial charge >= 0.3 is 0 Å². The SMILES string of the molecule is COc1cc([C@H]2c3c(cc(OC)c(OC)c3OC)C[C@@H](C)[C@@H]2C)cc(OC)c1OC. The van der Waals surface area contributed by atoms with Crippen LogP contribution in [0.5, 0.6) is 34.5 Å². The van der Waals surface area contributed by atoms with Crippen LogP contribution in [0.3, 0.4) is 0 Å². The summed E-state index contributed by atoms with van der Waals surface area (Å²) in [5.41, 5.74) is 3.40. The van der Waals surface area contributed by atoms with Crippen LogP contribution in [0.15, 0.2) is 18.2 Å². The molecule has 0 bridgehead atoms. The third-order valence-electron chi connectivity index (χ3n) is 6.28. The molecule has 0 amide bonds. The molecule has 0 N–H and O–H groups in total. The van der Waals surface area contributed by atoms with Gasteiger partial charge in [0.25, 0.3) is 0 Å². The van der Waals surface area contributed by atoms with Crippen molar-refractivity contribution >= 4 is 0 Å². The Morgan fingerprint density at radius 3 is 1.60 bits per heavy atom. The molecule has 30 heavy (non-hydrogen) atoms. The van der Waals surface area contributed by atoms with Gasteiger partial charge in [0, 0.05) is 11.5 Å². The molecule has 164 valence electrons. The summed E-state index contributed by atoms with van der Waals surface area (Å²) in [7, 11) is 9.84. The van der Waals surface area contributed by atoms with E-state index in [1.54, 1.807) is 42.7 Å². The van der Waals surface area contributed by atoms with Gasteiger partial charge in [0.05, 0.1) is 42.7 Å². The zero-order valence-corrected chi connectivity index (χ0v) is 19.1. The minimum Gasteiger partial charge on any atom is -0.493 e. The highest BCUT2D eigenvalue weighted by Gasteiger charge is 2.38. The molecule has 0 saturated carbocycles. The molecule has 0 aromatic heterocycles. The molecule has 0 saturated heterocycles. The second-order valence-corrected chi connectivity index (χ2v) is 7.69. The van der Waals surface area contributed by atoms with Gasteiger partial charge in [-0.15, -0.1) is 0 Å². The van der Waals surface area contributed by atoms with Crippen molar-refractivity contribution in [3.63, 3.8) is 0 Å². The summed E-state index contributed by atoms with van der Waals surface area (Å²) in [6, 6.07) is 6.13. The molecular formula is C24H32O6. The van der Waals surface area contributed by atoms with E-state index in [1.165, 1.54) is 5.56 Å². The minimum atomic E-state index is 0.0622. The molecule has 0 fully saturated rings. The molecule has 0 radical (unpaired) electrons. The predicted molar refractivity (Wildman–Crippen MR) is 116 cm³/mol. The lowest BCUT2D eigenvalue weighted by molar-refractivity contribution is 0.291. The Bertz CT molecular complexity index is 882. The van der Waals surface area contributed by atoms with E-state index in [0.29, 0.717) is 46.3 Å². The number of ether oxygens (including phenoxy) is 6. The number of methoxy groups -OCH3 is 6. The van der Waals surface area contributed by atoms with Crippen molar-refractivity contribution < 1.29 is 28.4 Å². The molecule has 0 spiro atoms. The molecule has 2 aromatic carbocycles. The van der Waals surface area contributed by atoms with Crippen LogP contribution in [0.2, 0.25) is 0 Å². The monoisotopic (exact) mass is 416 g/mol. The minimum absolute atomic E-state index is 0.0622. The van der Waals surface area contributed by atoms with Gasteiger partial charge in [0.1, 0.15) is 0 Å². The Balaban J connectivity index is 2.32. The quantitative estimate of drug-likeness (QED) is 0.652. The zero-order chi connectivity index (χ0) is 22.0. The largest absolute Gasteiger partial charge is 0.493 e. The standard InChI is InChI=1S/C24H32O6/c1-13-9-15-10-19(27-5)23(29-7)24(30-8)21(15)20(14(13)2)16-11-17(25-3)22(28-6)18(12-16)26-4/h10-14,20H,9H2,1-8H3/t13-,14+,20+/m1/s1. The smallest absolute Gasteiger partial charge is 0.203 e. The second-order valence-electron chi connectivity index (χ2n) is 7.69. The average Bonchev–Trinajstić information content (AvgIpc) is 2.77. The van der Waals surface area contributed by atoms with E-state index >= 15 is 0 Å². The van der Waals surface area contributed by atoms with E-state index in [-0.39, 0.29) is 5.92 Å². The van der Waals surface area contributed by atoms with E-state index in [0.717, 1.165) is 17.5 Å². The van der Waals surface area contributed by atoms with Crippen LogP contribution >= 0.6 is 0 Å². The molecule has 6 heteroatoms. The summed E-state index contributed by atoms with van der Waals surface area (Å²) in [6.45, 7) is 4.55. The molecule has 6 nitrogen and oxygen atoms in total. The molecule has 1 aliphatic carbocycles. The van der Waals surface area contributed by atoms with Crippen molar-refractivity contribution in [2.75, 3.05) is 42.7 Å². The number of hydrogen-bond acceptors (Lipinski definition) is 6.